The van der Waals surface area contributed by atoms with E-state index in [0.29, 0.717) is 19.4 Å². The van der Waals surface area contributed by atoms with Crippen molar-refractivity contribution in [2.45, 2.75) is 65.0 Å². The number of carbonyl (C=O) groups is 1. The van der Waals surface area contributed by atoms with Crippen molar-refractivity contribution in [3.63, 3.8) is 0 Å². The van der Waals surface area contributed by atoms with E-state index in [1.165, 1.54) is 0 Å². The number of rotatable bonds is 9. The third-order valence-corrected chi connectivity index (χ3v) is 3.18. The number of aliphatic hydroxyl groups is 1. The summed E-state index contributed by atoms with van der Waals surface area (Å²) in [6, 6.07) is 0.227. The SMILES string of the molecule is CCCC(C)NC(=O)CNCC(O)(CC)CC. The molecule has 3 N–H and O–H groups in total. The topological polar surface area (TPSA) is 61.4 Å². The molecule has 1 unspecified atom stereocenters. The van der Waals surface area contributed by atoms with Crippen LogP contribution in [0, 0.1) is 0 Å². The lowest BCUT2D eigenvalue weighted by Gasteiger charge is -2.25. The van der Waals surface area contributed by atoms with Gasteiger partial charge in [0.05, 0.1) is 12.1 Å². The highest BCUT2D eigenvalue weighted by molar-refractivity contribution is 5.78. The average Bonchev–Trinajstić information content (AvgIpc) is 2.29. The zero-order valence-corrected chi connectivity index (χ0v) is 11.7. The first-order valence-corrected chi connectivity index (χ1v) is 6.69. The highest BCUT2D eigenvalue weighted by Crippen LogP contribution is 2.12. The van der Waals surface area contributed by atoms with Crippen LogP contribution in [0.1, 0.15) is 53.4 Å². The molecule has 0 aromatic heterocycles. The molecule has 0 fully saturated rings. The molecule has 0 aromatic rings. The molecule has 4 nitrogen and oxygen atoms in total. The number of amides is 1. The van der Waals surface area contributed by atoms with Crippen LogP contribution in [0.5, 0.6) is 0 Å². The van der Waals surface area contributed by atoms with Crippen LogP contribution in [0.25, 0.3) is 0 Å². The molecule has 1 amide bonds. The molecule has 0 saturated heterocycles. The van der Waals surface area contributed by atoms with Gasteiger partial charge in [-0.15, -0.1) is 0 Å². The molecular formula is C13H28N2O2. The first-order chi connectivity index (χ1) is 7.97. The van der Waals surface area contributed by atoms with Gasteiger partial charge < -0.3 is 15.7 Å². The molecule has 0 aliphatic heterocycles. The molecule has 0 saturated carbocycles. The smallest absolute Gasteiger partial charge is 0.234 e. The Kier molecular flexibility index (Phi) is 8.17. The molecule has 0 bridgehead atoms. The lowest BCUT2D eigenvalue weighted by molar-refractivity contribution is -0.121. The minimum absolute atomic E-state index is 0.000469. The summed E-state index contributed by atoms with van der Waals surface area (Å²) in [4.78, 5) is 11.5. The van der Waals surface area contributed by atoms with E-state index < -0.39 is 5.60 Å². The van der Waals surface area contributed by atoms with Gasteiger partial charge in [-0.2, -0.15) is 0 Å². The molecule has 0 aromatic carbocycles. The molecule has 4 heteroatoms. The van der Waals surface area contributed by atoms with Gasteiger partial charge in [-0.25, -0.2) is 0 Å². The highest BCUT2D eigenvalue weighted by Gasteiger charge is 2.21. The van der Waals surface area contributed by atoms with Gasteiger partial charge in [-0.3, -0.25) is 4.79 Å². The fraction of sp³-hybridized carbons (Fsp3) is 0.923. The minimum atomic E-state index is -0.685. The Labute approximate surface area is 105 Å². The van der Waals surface area contributed by atoms with Crippen LogP contribution in [0.15, 0.2) is 0 Å². The number of carbonyl (C=O) groups excluding carboxylic acids is 1. The Morgan fingerprint density at radius 2 is 1.88 bits per heavy atom. The van der Waals surface area contributed by atoms with Crippen LogP contribution in [-0.4, -0.2) is 35.7 Å². The van der Waals surface area contributed by atoms with Crippen molar-refractivity contribution in [3.05, 3.63) is 0 Å². The monoisotopic (exact) mass is 244 g/mol. The Bertz CT molecular complexity index is 215. The predicted molar refractivity (Wildman–Crippen MR) is 70.9 cm³/mol. The molecule has 0 radical (unpaired) electrons. The van der Waals surface area contributed by atoms with Crippen molar-refractivity contribution in [1.82, 2.24) is 10.6 Å². The predicted octanol–water partition coefficient (Wildman–Crippen LogP) is 1.43. The summed E-state index contributed by atoms with van der Waals surface area (Å²) in [5, 5.41) is 15.9. The third kappa shape index (κ3) is 7.34. The van der Waals surface area contributed by atoms with Gasteiger partial charge in [0.15, 0.2) is 0 Å². The van der Waals surface area contributed by atoms with Crippen LogP contribution in [0.3, 0.4) is 0 Å². The average molecular weight is 244 g/mol. The van der Waals surface area contributed by atoms with Gasteiger partial charge in [-0.05, 0) is 26.2 Å². The molecule has 0 aliphatic rings. The summed E-state index contributed by atoms with van der Waals surface area (Å²) < 4.78 is 0. The van der Waals surface area contributed by atoms with E-state index in [-0.39, 0.29) is 18.5 Å². The molecule has 0 spiro atoms. The maximum atomic E-state index is 11.5. The van der Waals surface area contributed by atoms with E-state index in [1.54, 1.807) is 0 Å². The molecule has 102 valence electrons. The molecule has 1 atom stereocenters. The normalized spacial score (nSPS) is 13.5. The van der Waals surface area contributed by atoms with E-state index in [2.05, 4.69) is 17.6 Å². The van der Waals surface area contributed by atoms with Gasteiger partial charge in [0, 0.05) is 12.6 Å². The second-order valence-electron chi connectivity index (χ2n) is 4.79. The Hall–Kier alpha value is -0.610. The minimum Gasteiger partial charge on any atom is -0.389 e. The summed E-state index contributed by atoms with van der Waals surface area (Å²) >= 11 is 0. The maximum Gasteiger partial charge on any atom is 0.234 e. The van der Waals surface area contributed by atoms with Crippen LogP contribution >= 0.6 is 0 Å². The third-order valence-electron chi connectivity index (χ3n) is 3.18. The fourth-order valence-corrected chi connectivity index (χ4v) is 1.74. The Morgan fingerprint density at radius 3 is 2.35 bits per heavy atom. The van der Waals surface area contributed by atoms with Crippen molar-refractivity contribution in [3.8, 4) is 0 Å². The van der Waals surface area contributed by atoms with Crippen molar-refractivity contribution in [2.75, 3.05) is 13.1 Å². The summed E-state index contributed by atoms with van der Waals surface area (Å²) in [5.74, 6) is 0.000469. The van der Waals surface area contributed by atoms with Crippen LogP contribution in [-0.2, 0) is 4.79 Å². The van der Waals surface area contributed by atoms with Gasteiger partial charge in [0.2, 0.25) is 5.91 Å². The first kappa shape index (κ1) is 16.4. The number of hydrogen-bond donors (Lipinski definition) is 3. The number of nitrogens with one attached hydrogen (secondary N) is 2. The van der Waals surface area contributed by atoms with Crippen molar-refractivity contribution in [1.29, 1.82) is 0 Å². The zero-order valence-electron chi connectivity index (χ0n) is 11.7. The first-order valence-electron chi connectivity index (χ1n) is 6.69. The van der Waals surface area contributed by atoms with E-state index in [1.807, 2.05) is 20.8 Å². The van der Waals surface area contributed by atoms with Crippen LogP contribution < -0.4 is 10.6 Å². The van der Waals surface area contributed by atoms with Crippen molar-refractivity contribution in [2.24, 2.45) is 0 Å². The summed E-state index contributed by atoms with van der Waals surface area (Å²) in [6.07, 6.45) is 3.47. The van der Waals surface area contributed by atoms with Crippen LogP contribution in [0.2, 0.25) is 0 Å². The van der Waals surface area contributed by atoms with E-state index in [0.717, 1.165) is 12.8 Å². The molecule has 0 aliphatic carbocycles. The summed E-state index contributed by atoms with van der Waals surface area (Å²) in [6.45, 7) is 8.76. The largest absolute Gasteiger partial charge is 0.389 e. The van der Waals surface area contributed by atoms with E-state index in [9.17, 15) is 9.90 Å². The lowest BCUT2D eigenvalue weighted by atomic mass is 9.98. The van der Waals surface area contributed by atoms with Gasteiger partial charge >= 0.3 is 0 Å². The van der Waals surface area contributed by atoms with Crippen molar-refractivity contribution < 1.29 is 9.90 Å². The quantitative estimate of drug-likeness (QED) is 0.575. The van der Waals surface area contributed by atoms with Crippen LogP contribution in [0.4, 0.5) is 0 Å². The second-order valence-corrected chi connectivity index (χ2v) is 4.79. The standard InChI is InChI=1S/C13H28N2O2/c1-5-8-11(4)15-12(16)9-14-10-13(17,6-2)7-3/h11,14,17H,5-10H2,1-4H3,(H,15,16). The zero-order chi connectivity index (χ0) is 13.3. The van der Waals surface area contributed by atoms with Crippen molar-refractivity contribution >= 4 is 5.91 Å². The summed E-state index contributed by atoms with van der Waals surface area (Å²) in [7, 11) is 0. The molecule has 0 rings (SSSR count). The Balaban J connectivity index is 3.78. The molecule has 17 heavy (non-hydrogen) atoms. The fourth-order valence-electron chi connectivity index (χ4n) is 1.74. The maximum absolute atomic E-state index is 11.5. The van der Waals surface area contributed by atoms with Gasteiger partial charge in [0.1, 0.15) is 0 Å². The number of hydrogen-bond acceptors (Lipinski definition) is 3. The second kappa shape index (κ2) is 8.48. The molecule has 0 heterocycles. The van der Waals surface area contributed by atoms with E-state index >= 15 is 0 Å². The van der Waals surface area contributed by atoms with E-state index in [4.69, 9.17) is 0 Å². The summed E-state index contributed by atoms with van der Waals surface area (Å²) in [5.41, 5.74) is -0.685. The lowest BCUT2D eigenvalue weighted by Crippen LogP contribution is -2.45. The van der Waals surface area contributed by atoms with Gasteiger partial charge in [0.25, 0.3) is 0 Å². The van der Waals surface area contributed by atoms with Gasteiger partial charge in [-0.1, -0.05) is 27.2 Å². The Morgan fingerprint density at radius 1 is 1.29 bits per heavy atom. The molecular weight excluding hydrogens is 216 g/mol. The highest BCUT2D eigenvalue weighted by atomic mass is 16.3.